The number of halogens is 1. The summed E-state index contributed by atoms with van der Waals surface area (Å²) in [7, 11) is 0. The lowest BCUT2D eigenvalue weighted by Gasteiger charge is -2.09. The number of imide groups is 1. The van der Waals surface area contributed by atoms with E-state index >= 15 is 0 Å². The zero-order chi connectivity index (χ0) is 21.7. The highest BCUT2D eigenvalue weighted by Gasteiger charge is 2.15. The molecule has 0 aliphatic carbocycles. The number of hydrogen-bond donors (Lipinski definition) is 2. The maximum Gasteiger partial charge on any atom is 0.319 e. The third-order valence-electron chi connectivity index (χ3n) is 4.36. The predicted molar refractivity (Wildman–Crippen MR) is 115 cm³/mol. The smallest absolute Gasteiger partial charge is 0.319 e. The highest BCUT2D eigenvalue weighted by Crippen LogP contribution is 2.28. The minimum Gasteiger partial charge on any atom is -0.494 e. The molecule has 0 unspecified atom stereocenters. The van der Waals surface area contributed by atoms with E-state index < -0.39 is 11.9 Å². The van der Waals surface area contributed by atoms with Gasteiger partial charge in [0.15, 0.2) is 5.78 Å². The normalized spacial score (nSPS) is 10.3. The highest BCUT2D eigenvalue weighted by atomic mass is 35.5. The summed E-state index contributed by atoms with van der Waals surface area (Å²) in [4.78, 5) is 35.6. The molecule has 0 saturated heterocycles. The number of urea groups is 1. The van der Waals surface area contributed by atoms with Gasteiger partial charge in [-0.15, -0.1) is 0 Å². The quantitative estimate of drug-likeness (QED) is 0.573. The number of ether oxygens (including phenoxy) is 1. The van der Waals surface area contributed by atoms with Crippen molar-refractivity contribution in [3.8, 4) is 16.9 Å². The van der Waals surface area contributed by atoms with Gasteiger partial charge in [-0.1, -0.05) is 29.8 Å². The Morgan fingerprint density at radius 1 is 0.900 bits per heavy atom. The number of primary amides is 1. The molecule has 3 N–H and O–H groups in total. The van der Waals surface area contributed by atoms with Gasteiger partial charge < -0.3 is 10.5 Å². The van der Waals surface area contributed by atoms with Gasteiger partial charge in [-0.3, -0.25) is 14.9 Å². The summed E-state index contributed by atoms with van der Waals surface area (Å²) in [5.74, 6) is -0.103. The molecule has 152 valence electrons. The lowest BCUT2D eigenvalue weighted by Crippen LogP contribution is -2.34. The Balaban J connectivity index is 1.87. The van der Waals surface area contributed by atoms with Crippen LogP contribution >= 0.6 is 11.6 Å². The summed E-state index contributed by atoms with van der Waals surface area (Å²) in [6.07, 6.45) is 0. The molecule has 7 heteroatoms. The monoisotopic (exact) mass is 422 g/mol. The van der Waals surface area contributed by atoms with Crippen LogP contribution < -0.4 is 15.8 Å². The first-order chi connectivity index (χ1) is 14.4. The second-order valence-electron chi connectivity index (χ2n) is 6.38. The molecule has 3 rings (SSSR count). The number of nitrogens with one attached hydrogen (secondary N) is 1. The maximum absolute atomic E-state index is 12.9. The van der Waals surface area contributed by atoms with E-state index in [1.165, 1.54) is 0 Å². The van der Waals surface area contributed by atoms with E-state index in [4.69, 9.17) is 22.1 Å². The van der Waals surface area contributed by atoms with Crippen LogP contribution in [0.1, 0.15) is 33.2 Å². The molecule has 3 aromatic carbocycles. The van der Waals surface area contributed by atoms with E-state index in [1.54, 1.807) is 66.7 Å². The summed E-state index contributed by atoms with van der Waals surface area (Å²) in [5.41, 5.74) is 7.65. The number of benzene rings is 3. The van der Waals surface area contributed by atoms with Crippen LogP contribution in [0.3, 0.4) is 0 Å². The van der Waals surface area contributed by atoms with Gasteiger partial charge in [0.2, 0.25) is 0 Å². The van der Waals surface area contributed by atoms with Crippen molar-refractivity contribution in [1.29, 1.82) is 0 Å². The molecule has 3 amide bonds. The predicted octanol–water partition coefficient (Wildman–Crippen LogP) is 4.45. The first-order valence-corrected chi connectivity index (χ1v) is 9.55. The number of hydrogen-bond acceptors (Lipinski definition) is 4. The van der Waals surface area contributed by atoms with Crippen LogP contribution in [-0.4, -0.2) is 24.3 Å². The van der Waals surface area contributed by atoms with Crippen molar-refractivity contribution in [2.75, 3.05) is 6.61 Å². The van der Waals surface area contributed by atoms with Crippen LogP contribution in [0.5, 0.6) is 5.75 Å². The summed E-state index contributed by atoms with van der Waals surface area (Å²) < 4.78 is 5.40. The van der Waals surface area contributed by atoms with Gasteiger partial charge in [0.05, 0.1) is 11.6 Å². The fourth-order valence-electron chi connectivity index (χ4n) is 2.90. The first kappa shape index (κ1) is 21.1. The Bertz CT molecular complexity index is 1090. The van der Waals surface area contributed by atoms with Crippen LogP contribution in [0.2, 0.25) is 5.02 Å². The highest BCUT2D eigenvalue weighted by molar-refractivity contribution is 6.35. The molecule has 3 aromatic rings. The zero-order valence-electron chi connectivity index (χ0n) is 16.1. The van der Waals surface area contributed by atoms with Crippen LogP contribution in [-0.2, 0) is 0 Å². The van der Waals surface area contributed by atoms with Crippen molar-refractivity contribution in [2.45, 2.75) is 6.92 Å². The Morgan fingerprint density at radius 3 is 2.10 bits per heavy atom. The third-order valence-corrected chi connectivity index (χ3v) is 4.69. The van der Waals surface area contributed by atoms with Crippen molar-refractivity contribution < 1.29 is 19.1 Å². The SMILES string of the molecule is CCOc1ccc(C(=O)c2cc(-c3ccc(C(=O)NC(N)=O)cc3)ccc2Cl)cc1. The second-order valence-corrected chi connectivity index (χ2v) is 6.78. The first-order valence-electron chi connectivity index (χ1n) is 9.17. The molecule has 0 radical (unpaired) electrons. The van der Waals surface area contributed by atoms with E-state index in [0.29, 0.717) is 28.5 Å². The minimum atomic E-state index is -0.917. The molecular formula is C23H19ClN2O4. The minimum absolute atomic E-state index is 0.206. The molecule has 0 aliphatic rings. The fraction of sp³-hybridized carbons (Fsp3) is 0.0870. The molecular weight excluding hydrogens is 404 g/mol. The average Bonchev–Trinajstić information content (AvgIpc) is 2.74. The Labute approximate surface area is 178 Å². The zero-order valence-corrected chi connectivity index (χ0v) is 16.9. The number of ketones is 1. The van der Waals surface area contributed by atoms with Crippen LogP contribution in [0.15, 0.2) is 66.7 Å². The van der Waals surface area contributed by atoms with Gasteiger partial charge in [-0.25, -0.2) is 4.79 Å². The molecule has 6 nitrogen and oxygen atoms in total. The molecule has 0 fully saturated rings. The van der Waals surface area contributed by atoms with Crippen LogP contribution in [0.25, 0.3) is 11.1 Å². The molecule has 0 saturated carbocycles. The third kappa shape index (κ3) is 4.85. The van der Waals surface area contributed by atoms with E-state index in [2.05, 4.69) is 0 Å². The molecule has 0 spiro atoms. The van der Waals surface area contributed by atoms with Crippen molar-refractivity contribution in [3.63, 3.8) is 0 Å². The van der Waals surface area contributed by atoms with Crippen molar-refractivity contribution in [3.05, 3.63) is 88.4 Å². The van der Waals surface area contributed by atoms with Gasteiger partial charge in [-0.2, -0.15) is 0 Å². The Morgan fingerprint density at radius 2 is 1.50 bits per heavy atom. The van der Waals surface area contributed by atoms with Gasteiger partial charge in [0, 0.05) is 16.7 Å². The molecule has 0 atom stereocenters. The van der Waals surface area contributed by atoms with E-state index in [1.807, 2.05) is 12.2 Å². The number of carbonyl (C=O) groups excluding carboxylic acids is 3. The largest absolute Gasteiger partial charge is 0.494 e. The topological polar surface area (TPSA) is 98.5 Å². The van der Waals surface area contributed by atoms with Crippen LogP contribution in [0.4, 0.5) is 4.79 Å². The van der Waals surface area contributed by atoms with Crippen molar-refractivity contribution >= 4 is 29.3 Å². The number of rotatable bonds is 6. The maximum atomic E-state index is 12.9. The summed E-state index contributed by atoms with van der Waals surface area (Å²) >= 11 is 6.28. The van der Waals surface area contributed by atoms with Gasteiger partial charge in [-0.05, 0) is 66.6 Å². The lowest BCUT2D eigenvalue weighted by molar-refractivity contribution is 0.0965. The number of nitrogens with two attached hydrogens (primary N) is 1. The lowest BCUT2D eigenvalue weighted by atomic mass is 9.97. The van der Waals surface area contributed by atoms with E-state index in [0.717, 1.165) is 11.1 Å². The average molecular weight is 423 g/mol. The molecule has 0 aliphatic heterocycles. The van der Waals surface area contributed by atoms with Crippen molar-refractivity contribution in [1.82, 2.24) is 5.32 Å². The number of amides is 3. The standard InChI is InChI=1S/C23H19ClN2O4/c1-2-30-18-10-7-15(8-11-18)21(27)19-13-17(9-12-20(19)24)14-3-5-16(6-4-14)22(28)26-23(25)29/h3-13H,2H2,1H3,(H3,25,26,28,29). The molecule has 0 aromatic heterocycles. The van der Waals surface area contributed by atoms with Crippen molar-refractivity contribution in [2.24, 2.45) is 5.73 Å². The van der Waals surface area contributed by atoms with E-state index in [9.17, 15) is 14.4 Å². The summed E-state index contributed by atoms with van der Waals surface area (Å²) in [5, 5.41) is 2.35. The summed E-state index contributed by atoms with van der Waals surface area (Å²) in [6, 6.07) is 17.7. The Kier molecular flexibility index (Phi) is 6.49. The molecule has 0 heterocycles. The van der Waals surface area contributed by atoms with E-state index in [-0.39, 0.29) is 11.3 Å². The van der Waals surface area contributed by atoms with Gasteiger partial charge in [0.1, 0.15) is 5.75 Å². The fourth-order valence-corrected chi connectivity index (χ4v) is 3.11. The number of carbonyl (C=O) groups is 3. The molecule has 0 bridgehead atoms. The Hall–Kier alpha value is -3.64. The van der Waals surface area contributed by atoms with Gasteiger partial charge >= 0.3 is 6.03 Å². The molecule has 30 heavy (non-hydrogen) atoms. The summed E-state index contributed by atoms with van der Waals surface area (Å²) in [6.45, 7) is 2.44. The van der Waals surface area contributed by atoms with Gasteiger partial charge in [0.25, 0.3) is 5.91 Å². The van der Waals surface area contributed by atoms with Crippen LogP contribution in [0, 0.1) is 0 Å². The second kappa shape index (κ2) is 9.24.